The lowest BCUT2D eigenvalue weighted by atomic mass is 10.0. The van der Waals surface area contributed by atoms with E-state index in [4.69, 9.17) is 15.5 Å². The second-order valence-electron chi connectivity index (χ2n) is 4.95. The van der Waals surface area contributed by atoms with E-state index in [-0.39, 0.29) is 0 Å². The van der Waals surface area contributed by atoms with Crippen molar-refractivity contribution >= 4 is 16.5 Å². The molecule has 0 bridgehead atoms. The maximum Gasteiger partial charge on any atom is 0.185 e. The quantitative estimate of drug-likeness (QED) is 0.891. The maximum absolute atomic E-state index is 5.84. The third-order valence-corrected chi connectivity index (χ3v) is 4.92. The fraction of sp³-hybridized carbons (Fsp3) is 0.769. The summed E-state index contributed by atoms with van der Waals surface area (Å²) in [7, 11) is 2.11. The van der Waals surface area contributed by atoms with Crippen LogP contribution in [0.5, 0.6) is 0 Å². The van der Waals surface area contributed by atoms with Crippen molar-refractivity contribution in [3.63, 3.8) is 0 Å². The summed E-state index contributed by atoms with van der Waals surface area (Å²) in [6.07, 6.45) is 2.19. The first kappa shape index (κ1) is 13.8. The number of nitrogens with two attached hydrogens (primary N) is 1. The highest BCUT2D eigenvalue weighted by molar-refractivity contribution is 7.15. The van der Waals surface area contributed by atoms with Gasteiger partial charge in [-0.05, 0) is 18.8 Å². The highest BCUT2D eigenvalue weighted by Crippen LogP contribution is 2.33. The van der Waals surface area contributed by atoms with Gasteiger partial charge in [0.15, 0.2) is 5.13 Å². The summed E-state index contributed by atoms with van der Waals surface area (Å²) in [4.78, 5) is 8.28. The van der Waals surface area contributed by atoms with E-state index in [0.717, 1.165) is 31.2 Å². The summed E-state index contributed by atoms with van der Waals surface area (Å²) in [5.74, 6) is 0.488. The molecule has 1 fully saturated rings. The van der Waals surface area contributed by atoms with Crippen LogP contribution in [-0.4, -0.2) is 31.3 Å². The maximum atomic E-state index is 5.84. The van der Waals surface area contributed by atoms with E-state index in [0.29, 0.717) is 18.5 Å². The Hall–Kier alpha value is -0.650. The van der Waals surface area contributed by atoms with E-state index >= 15 is 0 Å². The standard InChI is InChI=1S/C13H23N3OS/c1-4-9(2)12-11(7-14)18-13(15-12)16(3)10-5-6-17-8-10/h9-10H,4-8,14H2,1-3H3. The molecule has 1 aliphatic heterocycles. The molecule has 18 heavy (non-hydrogen) atoms. The number of aromatic nitrogens is 1. The smallest absolute Gasteiger partial charge is 0.185 e. The van der Waals surface area contributed by atoms with Crippen LogP contribution in [0.2, 0.25) is 0 Å². The molecule has 0 amide bonds. The SMILES string of the molecule is CCC(C)c1nc(N(C)C2CCOC2)sc1CN. The normalized spacial score (nSPS) is 21.2. The van der Waals surface area contributed by atoms with Gasteiger partial charge in [-0.25, -0.2) is 4.98 Å². The van der Waals surface area contributed by atoms with Crippen LogP contribution in [0.4, 0.5) is 5.13 Å². The molecule has 0 spiro atoms. The molecule has 1 aromatic rings. The summed E-state index contributed by atoms with van der Waals surface area (Å²) in [6.45, 7) is 6.68. The van der Waals surface area contributed by atoms with Gasteiger partial charge in [-0.2, -0.15) is 0 Å². The van der Waals surface area contributed by atoms with Gasteiger partial charge in [0.2, 0.25) is 0 Å². The molecule has 102 valence electrons. The number of rotatable bonds is 5. The van der Waals surface area contributed by atoms with Crippen molar-refractivity contribution in [3.8, 4) is 0 Å². The molecule has 2 atom stereocenters. The average molecular weight is 269 g/mol. The summed E-state index contributed by atoms with van der Waals surface area (Å²) < 4.78 is 5.44. The van der Waals surface area contributed by atoms with Crippen molar-refractivity contribution in [1.82, 2.24) is 4.98 Å². The zero-order valence-electron chi connectivity index (χ0n) is 11.5. The van der Waals surface area contributed by atoms with Crippen molar-refractivity contribution in [2.24, 2.45) is 5.73 Å². The Morgan fingerprint density at radius 1 is 1.61 bits per heavy atom. The average Bonchev–Trinajstić information content (AvgIpc) is 3.05. The van der Waals surface area contributed by atoms with Gasteiger partial charge in [0.05, 0.1) is 18.3 Å². The van der Waals surface area contributed by atoms with Crippen LogP contribution in [0.1, 0.15) is 43.2 Å². The van der Waals surface area contributed by atoms with E-state index in [2.05, 4.69) is 25.8 Å². The monoisotopic (exact) mass is 269 g/mol. The first-order valence-electron chi connectivity index (χ1n) is 6.67. The molecule has 0 radical (unpaired) electrons. The fourth-order valence-corrected chi connectivity index (χ4v) is 3.30. The summed E-state index contributed by atoms with van der Waals surface area (Å²) >= 11 is 1.73. The predicted octanol–water partition coefficient (Wildman–Crippen LogP) is 2.34. The Morgan fingerprint density at radius 2 is 2.39 bits per heavy atom. The van der Waals surface area contributed by atoms with E-state index in [1.165, 1.54) is 10.6 Å². The minimum Gasteiger partial charge on any atom is -0.379 e. The van der Waals surface area contributed by atoms with Crippen LogP contribution in [0, 0.1) is 0 Å². The van der Waals surface area contributed by atoms with Gasteiger partial charge in [0.1, 0.15) is 0 Å². The van der Waals surface area contributed by atoms with Crippen LogP contribution >= 0.6 is 11.3 Å². The molecule has 0 saturated carbocycles. The van der Waals surface area contributed by atoms with Gasteiger partial charge in [-0.15, -0.1) is 11.3 Å². The van der Waals surface area contributed by atoms with E-state index in [1.807, 2.05) is 0 Å². The van der Waals surface area contributed by atoms with Crippen LogP contribution in [0.15, 0.2) is 0 Å². The molecule has 4 nitrogen and oxygen atoms in total. The number of likely N-dealkylation sites (N-methyl/N-ethyl adjacent to an activating group) is 1. The molecule has 2 unspecified atom stereocenters. The van der Waals surface area contributed by atoms with Crippen LogP contribution in [0.3, 0.4) is 0 Å². The molecule has 2 heterocycles. The predicted molar refractivity (Wildman–Crippen MR) is 76.3 cm³/mol. The first-order valence-corrected chi connectivity index (χ1v) is 7.49. The number of ether oxygens (including phenoxy) is 1. The lowest BCUT2D eigenvalue weighted by Crippen LogP contribution is -2.31. The van der Waals surface area contributed by atoms with Crippen molar-refractivity contribution in [3.05, 3.63) is 10.6 Å². The second-order valence-corrected chi connectivity index (χ2v) is 6.01. The Kier molecular flexibility index (Phi) is 4.59. The minimum absolute atomic E-state index is 0.464. The Bertz CT molecular complexity index is 388. The van der Waals surface area contributed by atoms with Gasteiger partial charge in [-0.1, -0.05) is 13.8 Å². The molecule has 1 saturated heterocycles. The van der Waals surface area contributed by atoms with Gasteiger partial charge < -0.3 is 15.4 Å². The minimum atomic E-state index is 0.464. The number of hydrogen-bond donors (Lipinski definition) is 1. The molecule has 0 aliphatic carbocycles. The van der Waals surface area contributed by atoms with E-state index in [9.17, 15) is 0 Å². The Morgan fingerprint density at radius 3 is 2.94 bits per heavy atom. The molecule has 1 aliphatic rings. The summed E-state index contributed by atoms with van der Waals surface area (Å²) in [6, 6.07) is 0.464. The van der Waals surface area contributed by atoms with Gasteiger partial charge in [-0.3, -0.25) is 0 Å². The van der Waals surface area contributed by atoms with Crippen molar-refractivity contribution in [1.29, 1.82) is 0 Å². The van der Waals surface area contributed by atoms with E-state index < -0.39 is 0 Å². The van der Waals surface area contributed by atoms with Crippen molar-refractivity contribution < 1.29 is 4.74 Å². The number of hydrogen-bond acceptors (Lipinski definition) is 5. The third kappa shape index (κ3) is 2.68. The topological polar surface area (TPSA) is 51.4 Å². The number of thiazole rings is 1. The molecule has 2 N–H and O–H groups in total. The van der Waals surface area contributed by atoms with Crippen molar-refractivity contribution in [2.75, 3.05) is 25.2 Å². The van der Waals surface area contributed by atoms with Crippen LogP contribution in [0.25, 0.3) is 0 Å². The summed E-state index contributed by atoms with van der Waals surface area (Å²) in [5, 5.41) is 1.08. The Labute approximate surface area is 113 Å². The lowest BCUT2D eigenvalue weighted by Gasteiger charge is -2.22. The second kappa shape index (κ2) is 5.99. The van der Waals surface area contributed by atoms with E-state index in [1.54, 1.807) is 11.3 Å². The number of nitrogens with zero attached hydrogens (tertiary/aromatic N) is 2. The highest BCUT2D eigenvalue weighted by atomic mass is 32.1. The first-order chi connectivity index (χ1) is 8.67. The molecule has 0 aromatic carbocycles. The van der Waals surface area contributed by atoms with Crippen LogP contribution < -0.4 is 10.6 Å². The Balaban J connectivity index is 2.20. The molecule has 2 rings (SSSR count). The fourth-order valence-electron chi connectivity index (χ4n) is 2.21. The largest absolute Gasteiger partial charge is 0.379 e. The zero-order chi connectivity index (χ0) is 13.1. The van der Waals surface area contributed by atoms with Crippen molar-refractivity contribution in [2.45, 2.75) is 45.2 Å². The molecule has 5 heteroatoms. The molecular weight excluding hydrogens is 246 g/mol. The van der Waals surface area contributed by atoms with Gasteiger partial charge in [0, 0.05) is 25.1 Å². The molecule has 1 aromatic heterocycles. The van der Waals surface area contributed by atoms with Crippen LogP contribution in [-0.2, 0) is 11.3 Å². The third-order valence-electron chi connectivity index (χ3n) is 3.74. The highest BCUT2D eigenvalue weighted by Gasteiger charge is 2.24. The number of anilines is 1. The molecular formula is C13H23N3OS. The summed E-state index contributed by atoms with van der Waals surface area (Å²) in [5.41, 5.74) is 7.02. The zero-order valence-corrected chi connectivity index (χ0v) is 12.3. The van der Waals surface area contributed by atoms with Gasteiger partial charge >= 0.3 is 0 Å². The lowest BCUT2D eigenvalue weighted by molar-refractivity contribution is 0.193. The van der Waals surface area contributed by atoms with Gasteiger partial charge in [0.25, 0.3) is 0 Å².